The number of rotatable bonds is 6. The van der Waals surface area contributed by atoms with Crippen molar-refractivity contribution in [2.24, 2.45) is 0 Å². The highest BCUT2D eigenvalue weighted by Crippen LogP contribution is 2.38. The number of aryl methyl sites for hydroxylation is 6. The highest BCUT2D eigenvalue weighted by Gasteiger charge is 2.12. The van der Waals surface area contributed by atoms with Crippen LogP contribution in [0.5, 0.6) is 11.5 Å². The minimum atomic E-state index is 0.781. The average molecular weight is 437 g/mol. The Bertz CT molecular complexity index is 1160. The molecule has 0 bridgehead atoms. The van der Waals surface area contributed by atoms with Gasteiger partial charge in [0.2, 0.25) is 0 Å². The van der Waals surface area contributed by atoms with Crippen molar-refractivity contribution in [3.8, 4) is 11.5 Å². The molecule has 33 heavy (non-hydrogen) atoms. The lowest BCUT2D eigenvalue weighted by atomic mass is 10.0. The van der Waals surface area contributed by atoms with E-state index in [2.05, 4.69) is 88.6 Å². The van der Waals surface area contributed by atoms with Gasteiger partial charge in [0.05, 0.1) is 11.4 Å². The summed E-state index contributed by atoms with van der Waals surface area (Å²) in [5.41, 5.74) is 11.5. The summed E-state index contributed by atoms with van der Waals surface area (Å²) in [6.45, 7) is 12.8. The van der Waals surface area contributed by atoms with E-state index >= 15 is 0 Å². The van der Waals surface area contributed by atoms with Crippen molar-refractivity contribution >= 4 is 22.7 Å². The van der Waals surface area contributed by atoms with Gasteiger partial charge in [0.1, 0.15) is 0 Å². The van der Waals surface area contributed by atoms with Crippen LogP contribution in [0.1, 0.15) is 33.4 Å². The van der Waals surface area contributed by atoms with Crippen LogP contribution in [0.3, 0.4) is 0 Å². The first-order valence-corrected chi connectivity index (χ1v) is 11.4. The Morgan fingerprint density at radius 2 is 0.818 bits per heavy atom. The topological polar surface area (TPSA) is 33.3 Å². The van der Waals surface area contributed by atoms with E-state index in [0.29, 0.717) is 0 Å². The predicted octanol–water partition coefficient (Wildman–Crippen LogP) is 8.82. The molecule has 0 amide bonds. The number of para-hydroxylation sites is 4. The largest absolute Gasteiger partial charge is 0.453 e. The van der Waals surface area contributed by atoms with E-state index in [1.807, 2.05) is 36.4 Å². The number of anilines is 4. The van der Waals surface area contributed by atoms with Gasteiger partial charge in [-0.15, -0.1) is 0 Å². The molecule has 0 aliphatic rings. The summed E-state index contributed by atoms with van der Waals surface area (Å²) in [6, 6.07) is 25.0. The quantitative estimate of drug-likeness (QED) is 0.317. The molecule has 4 aromatic carbocycles. The summed E-state index contributed by atoms with van der Waals surface area (Å²) < 4.78 is 6.47. The number of ether oxygens (including phenoxy) is 1. The SMILES string of the molecule is Cc1cc(C)c(Nc2ccccc2Oc2ccccc2Nc2c(C)cc(C)cc2C)c(C)c1. The maximum atomic E-state index is 6.47. The first-order chi connectivity index (χ1) is 15.8. The van der Waals surface area contributed by atoms with E-state index in [0.717, 1.165) is 34.2 Å². The fourth-order valence-electron chi connectivity index (χ4n) is 4.46. The van der Waals surface area contributed by atoms with Gasteiger partial charge in [-0.2, -0.15) is 0 Å². The van der Waals surface area contributed by atoms with Gasteiger partial charge in [-0.1, -0.05) is 59.7 Å². The van der Waals surface area contributed by atoms with Gasteiger partial charge in [-0.05, 0) is 88.1 Å². The van der Waals surface area contributed by atoms with Crippen LogP contribution < -0.4 is 15.4 Å². The molecule has 3 heteroatoms. The van der Waals surface area contributed by atoms with E-state index in [1.54, 1.807) is 0 Å². The van der Waals surface area contributed by atoms with Crippen molar-refractivity contribution in [3.05, 3.63) is 106 Å². The van der Waals surface area contributed by atoms with E-state index < -0.39 is 0 Å². The molecule has 3 nitrogen and oxygen atoms in total. The Morgan fingerprint density at radius 1 is 0.485 bits per heavy atom. The van der Waals surface area contributed by atoms with Crippen LogP contribution in [0.4, 0.5) is 22.7 Å². The summed E-state index contributed by atoms with van der Waals surface area (Å²) in [4.78, 5) is 0. The van der Waals surface area contributed by atoms with E-state index in [4.69, 9.17) is 4.74 Å². The molecule has 0 radical (unpaired) electrons. The monoisotopic (exact) mass is 436 g/mol. The molecule has 0 aliphatic carbocycles. The molecule has 4 aromatic rings. The van der Waals surface area contributed by atoms with Crippen molar-refractivity contribution < 1.29 is 4.74 Å². The van der Waals surface area contributed by atoms with E-state index in [9.17, 15) is 0 Å². The normalized spacial score (nSPS) is 10.7. The lowest BCUT2D eigenvalue weighted by Gasteiger charge is -2.19. The molecule has 0 fully saturated rings. The highest BCUT2D eigenvalue weighted by molar-refractivity contribution is 5.74. The molecule has 0 spiro atoms. The van der Waals surface area contributed by atoms with E-state index in [-0.39, 0.29) is 0 Å². The molecule has 2 N–H and O–H groups in total. The van der Waals surface area contributed by atoms with Crippen molar-refractivity contribution in [3.63, 3.8) is 0 Å². The van der Waals surface area contributed by atoms with Crippen LogP contribution in [-0.4, -0.2) is 0 Å². The summed E-state index contributed by atoms with van der Waals surface area (Å²) in [5.74, 6) is 1.56. The Balaban J connectivity index is 1.66. The Labute approximate surface area is 197 Å². The van der Waals surface area contributed by atoms with Crippen LogP contribution >= 0.6 is 0 Å². The van der Waals surface area contributed by atoms with Gasteiger partial charge in [0.25, 0.3) is 0 Å². The zero-order valence-corrected chi connectivity index (χ0v) is 20.3. The number of nitrogens with one attached hydrogen (secondary N) is 2. The Kier molecular flexibility index (Phi) is 6.41. The predicted molar refractivity (Wildman–Crippen MR) is 141 cm³/mol. The summed E-state index contributed by atoms with van der Waals surface area (Å²) in [5, 5.41) is 7.21. The van der Waals surface area contributed by atoms with Gasteiger partial charge in [0, 0.05) is 11.4 Å². The van der Waals surface area contributed by atoms with Gasteiger partial charge < -0.3 is 15.4 Å². The van der Waals surface area contributed by atoms with Crippen LogP contribution in [0.2, 0.25) is 0 Å². The molecule has 0 aliphatic heterocycles. The number of hydrogen-bond acceptors (Lipinski definition) is 3. The van der Waals surface area contributed by atoms with Gasteiger partial charge in [-0.3, -0.25) is 0 Å². The Hall–Kier alpha value is -3.72. The third kappa shape index (κ3) is 5.04. The lowest BCUT2D eigenvalue weighted by molar-refractivity contribution is 0.487. The zero-order valence-electron chi connectivity index (χ0n) is 20.3. The molecule has 0 heterocycles. The van der Waals surface area contributed by atoms with E-state index in [1.165, 1.54) is 33.4 Å². The van der Waals surface area contributed by atoms with Gasteiger partial charge in [-0.25, -0.2) is 0 Å². The molecule has 168 valence electrons. The second-order valence-electron chi connectivity index (χ2n) is 8.89. The van der Waals surface area contributed by atoms with Crippen LogP contribution in [0.25, 0.3) is 0 Å². The minimum Gasteiger partial charge on any atom is -0.453 e. The van der Waals surface area contributed by atoms with Crippen LogP contribution in [-0.2, 0) is 0 Å². The lowest BCUT2D eigenvalue weighted by Crippen LogP contribution is -2.01. The summed E-state index contributed by atoms with van der Waals surface area (Å²) >= 11 is 0. The van der Waals surface area contributed by atoms with Crippen molar-refractivity contribution in [1.82, 2.24) is 0 Å². The average Bonchev–Trinajstić information content (AvgIpc) is 2.75. The van der Waals surface area contributed by atoms with Gasteiger partial charge >= 0.3 is 0 Å². The van der Waals surface area contributed by atoms with Crippen LogP contribution in [0.15, 0.2) is 72.8 Å². The number of benzene rings is 4. The maximum absolute atomic E-state index is 6.47. The fourth-order valence-corrected chi connectivity index (χ4v) is 4.46. The third-order valence-electron chi connectivity index (χ3n) is 5.87. The third-order valence-corrected chi connectivity index (χ3v) is 5.87. The molecule has 0 atom stereocenters. The highest BCUT2D eigenvalue weighted by atomic mass is 16.5. The van der Waals surface area contributed by atoms with Crippen molar-refractivity contribution in [2.75, 3.05) is 10.6 Å². The molecule has 4 rings (SSSR count). The maximum Gasteiger partial charge on any atom is 0.150 e. The first kappa shape index (κ1) is 22.5. The van der Waals surface area contributed by atoms with Crippen LogP contribution in [0, 0.1) is 41.5 Å². The fraction of sp³-hybridized carbons (Fsp3) is 0.200. The molecule has 0 saturated heterocycles. The Morgan fingerprint density at radius 3 is 1.18 bits per heavy atom. The van der Waals surface area contributed by atoms with Gasteiger partial charge in [0.15, 0.2) is 11.5 Å². The smallest absolute Gasteiger partial charge is 0.150 e. The summed E-state index contributed by atoms with van der Waals surface area (Å²) in [7, 11) is 0. The minimum absolute atomic E-state index is 0.781. The second kappa shape index (κ2) is 9.41. The molecular weight excluding hydrogens is 404 g/mol. The standard InChI is InChI=1S/C30H32N2O/c1-19-15-21(3)29(22(4)16-19)31-25-11-7-9-13-27(25)33-28-14-10-8-12-26(28)32-30-23(5)17-20(2)18-24(30)6/h7-18,31-32H,1-6H3. The first-order valence-electron chi connectivity index (χ1n) is 11.4. The van der Waals surface area contributed by atoms with Crippen molar-refractivity contribution in [2.45, 2.75) is 41.5 Å². The van der Waals surface area contributed by atoms with Crippen molar-refractivity contribution in [1.29, 1.82) is 0 Å². The molecule has 0 unspecified atom stereocenters. The zero-order chi connectivity index (χ0) is 23.5. The molecular formula is C30H32N2O. The second-order valence-corrected chi connectivity index (χ2v) is 8.89. The summed E-state index contributed by atoms with van der Waals surface area (Å²) in [6.07, 6.45) is 0. The number of hydrogen-bond donors (Lipinski definition) is 2. The molecule has 0 aromatic heterocycles. The molecule has 0 saturated carbocycles.